The Morgan fingerprint density at radius 1 is 1.32 bits per heavy atom. The van der Waals surface area contributed by atoms with Crippen LogP contribution >= 0.6 is 11.3 Å². The van der Waals surface area contributed by atoms with Gasteiger partial charge in [0.15, 0.2) is 16.7 Å². The highest BCUT2D eigenvalue weighted by Gasteiger charge is 2.36. The fraction of sp³-hybridized carbons (Fsp3) is 0.421. The number of aryl methyl sites for hydroxylation is 1. The number of likely N-dealkylation sites (N-methyl/N-ethyl adjacent to an activating group) is 1. The molecule has 2 aromatic rings. The summed E-state index contributed by atoms with van der Waals surface area (Å²) < 4.78 is 0. The smallest absolute Gasteiger partial charge is 0.223 e. The van der Waals surface area contributed by atoms with Crippen LogP contribution in [0.1, 0.15) is 39.1 Å². The molecule has 0 radical (unpaired) electrons. The minimum atomic E-state index is -0.729. The summed E-state index contributed by atoms with van der Waals surface area (Å²) in [6.45, 7) is 3.01. The predicted octanol–water partition coefficient (Wildman–Crippen LogP) is 2.10. The number of hydrogen-bond donors (Lipinski definition) is 2. The zero-order valence-corrected chi connectivity index (χ0v) is 16.9. The molecule has 0 saturated heterocycles. The number of ketones is 2. The highest BCUT2D eigenvalue weighted by Crippen LogP contribution is 2.33. The van der Waals surface area contributed by atoms with Crippen molar-refractivity contribution in [3.05, 3.63) is 34.5 Å². The number of pyridine rings is 1. The molecule has 0 spiro atoms. The summed E-state index contributed by atoms with van der Waals surface area (Å²) in [5.74, 6) is -0.729. The molecule has 1 aliphatic carbocycles. The quantitative estimate of drug-likeness (QED) is 0.541. The number of Topliss-reactive ketones (excluding diaryl/α,β-unsaturated/α-hetero) is 2. The van der Waals surface area contributed by atoms with Crippen molar-refractivity contribution in [1.82, 2.24) is 14.9 Å². The molecule has 2 N–H and O–H groups in total. The average Bonchev–Trinajstić information content (AvgIpc) is 3.04. The number of fused-ring (bicyclic) bond motifs is 1. The van der Waals surface area contributed by atoms with Gasteiger partial charge in [0.1, 0.15) is 5.82 Å². The molecule has 0 aliphatic heterocycles. The van der Waals surface area contributed by atoms with E-state index in [9.17, 15) is 14.4 Å². The molecule has 0 bridgehead atoms. The topological polar surface area (TPSA) is 104 Å². The molecule has 2 heterocycles. The van der Waals surface area contributed by atoms with E-state index >= 15 is 0 Å². The number of amides is 1. The number of anilines is 2. The third kappa shape index (κ3) is 4.60. The maximum Gasteiger partial charge on any atom is 0.223 e. The third-order valence-electron chi connectivity index (χ3n) is 4.42. The van der Waals surface area contributed by atoms with Crippen LogP contribution in [0.2, 0.25) is 0 Å². The Labute approximate surface area is 167 Å². The monoisotopic (exact) mass is 401 g/mol. The molecule has 0 fully saturated rings. The summed E-state index contributed by atoms with van der Waals surface area (Å²) in [5, 5.41) is 6.19. The van der Waals surface area contributed by atoms with Gasteiger partial charge in [0.2, 0.25) is 5.91 Å². The molecule has 9 heteroatoms. The second-order valence-electron chi connectivity index (χ2n) is 6.96. The van der Waals surface area contributed by atoms with E-state index in [1.165, 1.54) is 13.1 Å². The Hall–Kier alpha value is -2.65. The SMILES string of the molecule is CC(=O)Nc1nc2c(s1)C(=O)C(C(=O)c1ccc(NCCN(C)C)nc1)CC2. The molecule has 2 aromatic heterocycles. The van der Waals surface area contributed by atoms with Gasteiger partial charge in [-0.2, -0.15) is 0 Å². The lowest BCUT2D eigenvalue weighted by atomic mass is 9.84. The van der Waals surface area contributed by atoms with E-state index in [1.54, 1.807) is 12.1 Å². The van der Waals surface area contributed by atoms with Gasteiger partial charge in [-0.25, -0.2) is 9.97 Å². The average molecular weight is 401 g/mol. The Balaban J connectivity index is 1.68. The van der Waals surface area contributed by atoms with Crippen molar-refractivity contribution in [3.63, 3.8) is 0 Å². The van der Waals surface area contributed by atoms with Gasteiger partial charge in [-0.15, -0.1) is 0 Å². The summed E-state index contributed by atoms with van der Waals surface area (Å²) in [5.41, 5.74) is 1.08. The maximum atomic E-state index is 12.8. The van der Waals surface area contributed by atoms with Crippen LogP contribution in [-0.2, 0) is 11.2 Å². The first-order chi connectivity index (χ1) is 13.3. The highest BCUT2D eigenvalue weighted by atomic mass is 32.1. The molecule has 0 aromatic carbocycles. The van der Waals surface area contributed by atoms with E-state index in [0.29, 0.717) is 39.9 Å². The van der Waals surface area contributed by atoms with Gasteiger partial charge in [0.25, 0.3) is 0 Å². The van der Waals surface area contributed by atoms with Crippen LogP contribution < -0.4 is 10.6 Å². The van der Waals surface area contributed by atoms with Crippen LogP contribution in [0.3, 0.4) is 0 Å². The van der Waals surface area contributed by atoms with E-state index in [0.717, 1.165) is 24.4 Å². The van der Waals surface area contributed by atoms with Gasteiger partial charge in [0.05, 0.1) is 16.5 Å². The fourth-order valence-corrected chi connectivity index (χ4v) is 4.04. The zero-order valence-electron chi connectivity index (χ0n) is 16.1. The number of rotatable bonds is 7. The Morgan fingerprint density at radius 2 is 2.11 bits per heavy atom. The molecule has 1 atom stereocenters. The Kier molecular flexibility index (Phi) is 6.15. The van der Waals surface area contributed by atoms with Gasteiger partial charge < -0.3 is 15.5 Å². The van der Waals surface area contributed by atoms with E-state index in [1.807, 2.05) is 14.1 Å². The number of carbonyl (C=O) groups excluding carboxylic acids is 3. The number of carbonyl (C=O) groups is 3. The standard InChI is InChI=1S/C19H23N5O3S/c1-11(25)22-19-23-14-6-5-13(17(27)18(14)28-19)16(26)12-4-7-15(21-10-12)20-8-9-24(2)3/h4,7,10,13H,5-6,8-9H2,1-3H3,(H,20,21)(H,22,23,25). The van der Waals surface area contributed by atoms with Crippen molar-refractivity contribution in [2.45, 2.75) is 19.8 Å². The zero-order chi connectivity index (χ0) is 20.3. The van der Waals surface area contributed by atoms with E-state index in [2.05, 4.69) is 25.5 Å². The highest BCUT2D eigenvalue weighted by molar-refractivity contribution is 7.17. The molecular weight excluding hydrogens is 378 g/mol. The minimum absolute atomic E-state index is 0.225. The first-order valence-electron chi connectivity index (χ1n) is 9.05. The van der Waals surface area contributed by atoms with Gasteiger partial charge in [-0.05, 0) is 39.1 Å². The lowest BCUT2D eigenvalue weighted by Crippen LogP contribution is -2.29. The molecule has 1 amide bonds. The van der Waals surface area contributed by atoms with E-state index in [-0.39, 0.29) is 17.5 Å². The molecule has 1 aliphatic rings. The summed E-state index contributed by atoms with van der Waals surface area (Å²) in [4.78, 5) is 47.9. The number of nitrogens with zero attached hydrogens (tertiary/aromatic N) is 3. The van der Waals surface area contributed by atoms with Crippen molar-refractivity contribution in [2.75, 3.05) is 37.8 Å². The number of hydrogen-bond acceptors (Lipinski definition) is 8. The van der Waals surface area contributed by atoms with Crippen molar-refractivity contribution >= 4 is 39.8 Å². The number of nitrogens with one attached hydrogen (secondary N) is 2. The second kappa shape index (κ2) is 8.57. The minimum Gasteiger partial charge on any atom is -0.369 e. The van der Waals surface area contributed by atoms with Crippen molar-refractivity contribution < 1.29 is 14.4 Å². The predicted molar refractivity (Wildman–Crippen MR) is 108 cm³/mol. The van der Waals surface area contributed by atoms with Crippen LogP contribution in [0.25, 0.3) is 0 Å². The normalized spacial score (nSPS) is 16.0. The molecule has 1 unspecified atom stereocenters. The van der Waals surface area contributed by atoms with Gasteiger partial charge in [-0.1, -0.05) is 11.3 Å². The largest absolute Gasteiger partial charge is 0.369 e. The lowest BCUT2D eigenvalue weighted by molar-refractivity contribution is -0.114. The second-order valence-corrected chi connectivity index (χ2v) is 7.96. The molecular formula is C19H23N5O3S. The summed E-state index contributed by atoms with van der Waals surface area (Å²) in [6.07, 6.45) is 2.46. The summed E-state index contributed by atoms with van der Waals surface area (Å²) in [6, 6.07) is 3.45. The molecule has 0 saturated carbocycles. The number of aromatic nitrogens is 2. The van der Waals surface area contributed by atoms with Crippen LogP contribution in [0.5, 0.6) is 0 Å². The van der Waals surface area contributed by atoms with E-state index < -0.39 is 5.92 Å². The van der Waals surface area contributed by atoms with Crippen molar-refractivity contribution in [2.24, 2.45) is 5.92 Å². The lowest BCUT2D eigenvalue weighted by Gasteiger charge is -2.18. The first kappa shape index (κ1) is 20.1. The first-order valence-corrected chi connectivity index (χ1v) is 9.87. The van der Waals surface area contributed by atoms with Gasteiger partial charge in [0, 0.05) is 31.8 Å². The summed E-state index contributed by atoms with van der Waals surface area (Å²) in [7, 11) is 3.98. The molecule has 148 valence electrons. The Morgan fingerprint density at radius 3 is 2.75 bits per heavy atom. The van der Waals surface area contributed by atoms with Crippen LogP contribution in [0.15, 0.2) is 18.3 Å². The van der Waals surface area contributed by atoms with Crippen LogP contribution in [-0.4, -0.2) is 59.5 Å². The maximum absolute atomic E-state index is 12.8. The van der Waals surface area contributed by atoms with Crippen molar-refractivity contribution in [3.8, 4) is 0 Å². The van der Waals surface area contributed by atoms with Crippen molar-refractivity contribution in [1.29, 1.82) is 0 Å². The van der Waals surface area contributed by atoms with E-state index in [4.69, 9.17) is 0 Å². The molecule has 8 nitrogen and oxygen atoms in total. The van der Waals surface area contributed by atoms with Crippen LogP contribution in [0, 0.1) is 5.92 Å². The Bertz CT molecular complexity index is 891. The summed E-state index contributed by atoms with van der Waals surface area (Å²) >= 11 is 1.13. The third-order valence-corrected chi connectivity index (χ3v) is 5.45. The molecule has 28 heavy (non-hydrogen) atoms. The number of thiazole rings is 1. The van der Waals surface area contributed by atoms with Gasteiger partial charge >= 0.3 is 0 Å². The molecule has 3 rings (SSSR count). The fourth-order valence-electron chi connectivity index (χ4n) is 2.99. The van der Waals surface area contributed by atoms with Gasteiger partial charge in [-0.3, -0.25) is 14.4 Å². The van der Waals surface area contributed by atoms with Crippen LogP contribution in [0.4, 0.5) is 10.9 Å².